The van der Waals surface area contributed by atoms with E-state index in [1.165, 1.54) is 11.1 Å². The standard InChI is InChI=1S/C13H20ClNO2/c1-10-7-13(17-3)12(14)8-11(10)9-15(2)5-4-6-16/h7-8,16H,4-6,9H2,1-3H3. The number of ether oxygens (including phenoxy) is 1. The molecule has 96 valence electrons. The molecule has 0 heterocycles. The smallest absolute Gasteiger partial charge is 0.137 e. The largest absolute Gasteiger partial charge is 0.495 e. The number of nitrogens with zero attached hydrogens (tertiary/aromatic N) is 1. The Kier molecular flexibility index (Phi) is 5.75. The zero-order chi connectivity index (χ0) is 12.8. The predicted octanol–water partition coefficient (Wildman–Crippen LogP) is 2.47. The normalized spacial score (nSPS) is 10.9. The maximum atomic E-state index is 8.78. The molecular weight excluding hydrogens is 238 g/mol. The van der Waals surface area contributed by atoms with Gasteiger partial charge in [0.15, 0.2) is 0 Å². The third-order valence-electron chi connectivity index (χ3n) is 2.75. The number of benzene rings is 1. The van der Waals surface area contributed by atoms with Crippen LogP contribution in [0.3, 0.4) is 0 Å². The van der Waals surface area contributed by atoms with Gasteiger partial charge in [-0.15, -0.1) is 0 Å². The number of hydrogen-bond donors (Lipinski definition) is 1. The molecule has 1 rings (SSSR count). The van der Waals surface area contributed by atoms with Crippen LogP contribution in [0.2, 0.25) is 5.02 Å². The first-order chi connectivity index (χ1) is 8.08. The van der Waals surface area contributed by atoms with Crippen molar-refractivity contribution < 1.29 is 9.84 Å². The maximum absolute atomic E-state index is 8.78. The number of rotatable bonds is 6. The fraction of sp³-hybridized carbons (Fsp3) is 0.538. The third-order valence-corrected chi connectivity index (χ3v) is 3.04. The Labute approximate surface area is 108 Å². The summed E-state index contributed by atoms with van der Waals surface area (Å²) >= 11 is 6.11. The molecule has 0 saturated carbocycles. The summed E-state index contributed by atoms with van der Waals surface area (Å²) in [7, 11) is 3.65. The molecule has 0 fully saturated rings. The van der Waals surface area contributed by atoms with Crippen LogP contribution in [0.1, 0.15) is 17.5 Å². The van der Waals surface area contributed by atoms with E-state index >= 15 is 0 Å². The second-order valence-electron chi connectivity index (χ2n) is 4.23. The van der Waals surface area contributed by atoms with Crippen LogP contribution in [-0.4, -0.2) is 37.3 Å². The summed E-state index contributed by atoms with van der Waals surface area (Å²) in [4.78, 5) is 2.17. The molecule has 0 radical (unpaired) electrons. The van der Waals surface area contributed by atoms with Crippen molar-refractivity contribution in [3.05, 3.63) is 28.3 Å². The zero-order valence-electron chi connectivity index (χ0n) is 10.7. The summed E-state index contributed by atoms with van der Waals surface area (Å²) in [5, 5.41) is 9.43. The molecule has 0 atom stereocenters. The van der Waals surface area contributed by atoms with E-state index in [-0.39, 0.29) is 6.61 Å². The second-order valence-corrected chi connectivity index (χ2v) is 4.64. The van der Waals surface area contributed by atoms with Crippen LogP contribution >= 0.6 is 11.6 Å². The molecule has 0 saturated heterocycles. The zero-order valence-corrected chi connectivity index (χ0v) is 11.4. The molecule has 3 nitrogen and oxygen atoms in total. The highest BCUT2D eigenvalue weighted by molar-refractivity contribution is 6.32. The Hall–Kier alpha value is -0.770. The van der Waals surface area contributed by atoms with E-state index < -0.39 is 0 Å². The fourth-order valence-corrected chi connectivity index (χ4v) is 2.00. The lowest BCUT2D eigenvalue weighted by molar-refractivity contribution is 0.244. The first-order valence-corrected chi connectivity index (χ1v) is 6.08. The average Bonchev–Trinajstić information content (AvgIpc) is 2.30. The number of methoxy groups -OCH3 is 1. The first kappa shape index (κ1) is 14.3. The Morgan fingerprint density at radius 2 is 2.12 bits per heavy atom. The molecule has 0 bridgehead atoms. The molecule has 0 aromatic heterocycles. The van der Waals surface area contributed by atoms with Crippen LogP contribution in [0.4, 0.5) is 0 Å². The second kappa shape index (κ2) is 6.84. The van der Waals surface area contributed by atoms with Gasteiger partial charge in [-0.3, -0.25) is 0 Å². The van der Waals surface area contributed by atoms with E-state index in [4.69, 9.17) is 21.4 Å². The number of aliphatic hydroxyl groups excluding tert-OH is 1. The lowest BCUT2D eigenvalue weighted by Crippen LogP contribution is -2.20. The van der Waals surface area contributed by atoms with Crippen molar-refractivity contribution in [1.29, 1.82) is 0 Å². The number of aliphatic hydroxyl groups is 1. The SMILES string of the molecule is COc1cc(C)c(CN(C)CCCO)cc1Cl. The molecule has 1 aromatic rings. The minimum atomic E-state index is 0.229. The van der Waals surface area contributed by atoms with Crippen molar-refractivity contribution in [2.75, 3.05) is 27.3 Å². The van der Waals surface area contributed by atoms with Gasteiger partial charge in [-0.25, -0.2) is 0 Å². The lowest BCUT2D eigenvalue weighted by Gasteiger charge is -2.18. The van der Waals surface area contributed by atoms with Crippen LogP contribution in [0.5, 0.6) is 5.75 Å². The minimum Gasteiger partial charge on any atom is -0.495 e. The van der Waals surface area contributed by atoms with E-state index in [0.29, 0.717) is 10.8 Å². The minimum absolute atomic E-state index is 0.229. The Morgan fingerprint density at radius 3 is 2.71 bits per heavy atom. The van der Waals surface area contributed by atoms with Gasteiger partial charge < -0.3 is 14.7 Å². The molecule has 0 aliphatic rings. The Balaban J connectivity index is 2.74. The van der Waals surface area contributed by atoms with Crippen LogP contribution in [0.25, 0.3) is 0 Å². The molecule has 0 unspecified atom stereocenters. The van der Waals surface area contributed by atoms with E-state index in [1.807, 2.05) is 26.1 Å². The van der Waals surface area contributed by atoms with Crippen molar-refractivity contribution in [2.45, 2.75) is 19.9 Å². The Bertz CT molecular complexity index is 369. The lowest BCUT2D eigenvalue weighted by atomic mass is 10.1. The number of aryl methyl sites for hydroxylation is 1. The highest BCUT2D eigenvalue weighted by Gasteiger charge is 2.08. The predicted molar refractivity (Wildman–Crippen MR) is 70.8 cm³/mol. The van der Waals surface area contributed by atoms with E-state index in [0.717, 1.165) is 19.5 Å². The van der Waals surface area contributed by atoms with Crippen molar-refractivity contribution in [1.82, 2.24) is 4.90 Å². The van der Waals surface area contributed by atoms with Gasteiger partial charge in [-0.05, 0) is 43.7 Å². The van der Waals surface area contributed by atoms with Crippen LogP contribution in [0.15, 0.2) is 12.1 Å². The quantitative estimate of drug-likeness (QED) is 0.850. The molecule has 0 spiro atoms. The maximum Gasteiger partial charge on any atom is 0.137 e. The van der Waals surface area contributed by atoms with Crippen molar-refractivity contribution in [3.63, 3.8) is 0 Å². The highest BCUT2D eigenvalue weighted by Crippen LogP contribution is 2.28. The summed E-state index contributed by atoms with van der Waals surface area (Å²) < 4.78 is 5.17. The van der Waals surface area contributed by atoms with Gasteiger partial charge in [0.05, 0.1) is 12.1 Å². The van der Waals surface area contributed by atoms with Gasteiger partial charge in [0.25, 0.3) is 0 Å². The van der Waals surface area contributed by atoms with Gasteiger partial charge in [0, 0.05) is 19.7 Å². The molecule has 4 heteroatoms. The molecule has 0 amide bonds. The van der Waals surface area contributed by atoms with E-state index in [9.17, 15) is 0 Å². The molecule has 1 N–H and O–H groups in total. The highest BCUT2D eigenvalue weighted by atomic mass is 35.5. The van der Waals surface area contributed by atoms with Gasteiger partial charge in [0.1, 0.15) is 5.75 Å². The van der Waals surface area contributed by atoms with Gasteiger partial charge >= 0.3 is 0 Å². The summed E-state index contributed by atoms with van der Waals surface area (Å²) in [5.41, 5.74) is 2.36. The van der Waals surface area contributed by atoms with Crippen molar-refractivity contribution >= 4 is 11.6 Å². The topological polar surface area (TPSA) is 32.7 Å². The van der Waals surface area contributed by atoms with E-state index in [2.05, 4.69) is 4.90 Å². The first-order valence-electron chi connectivity index (χ1n) is 5.71. The molecule has 1 aromatic carbocycles. The third kappa shape index (κ3) is 4.19. The number of halogens is 1. The Morgan fingerprint density at radius 1 is 1.41 bits per heavy atom. The molecule has 17 heavy (non-hydrogen) atoms. The number of hydrogen-bond acceptors (Lipinski definition) is 3. The van der Waals surface area contributed by atoms with Crippen LogP contribution in [-0.2, 0) is 6.54 Å². The van der Waals surface area contributed by atoms with E-state index in [1.54, 1.807) is 7.11 Å². The summed E-state index contributed by atoms with van der Waals surface area (Å²) in [6.07, 6.45) is 0.791. The van der Waals surface area contributed by atoms with Crippen LogP contribution in [0, 0.1) is 6.92 Å². The van der Waals surface area contributed by atoms with Gasteiger partial charge in [0.2, 0.25) is 0 Å². The van der Waals surface area contributed by atoms with Crippen LogP contribution < -0.4 is 4.74 Å². The van der Waals surface area contributed by atoms with Crippen molar-refractivity contribution in [3.8, 4) is 5.75 Å². The van der Waals surface area contributed by atoms with Gasteiger partial charge in [-0.2, -0.15) is 0 Å². The average molecular weight is 258 g/mol. The molecule has 0 aliphatic heterocycles. The van der Waals surface area contributed by atoms with Crippen molar-refractivity contribution in [2.24, 2.45) is 0 Å². The van der Waals surface area contributed by atoms with Gasteiger partial charge in [-0.1, -0.05) is 11.6 Å². The summed E-state index contributed by atoms with van der Waals surface area (Å²) in [6.45, 7) is 3.98. The molecule has 0 aliphatic carbocycles. The summed E-state index contributed by atoms with van der Waals surface area (Å²) in [6, 6.07) is 3.91. The monoisotopic (exact) mass is 257 g/mol. The fourth-order valence-electron chi connectivity index (χ4n) is 1.73. The molecular formula is C13H20ClNO2. The summed E-state index contributed by atoms with van der Waals surface area (Å²) in [5.74, 6) is 0.714.